The Hall–Kier alpha value is -2.11. The molecular weight excluding hydrogens is 292 g/mol. The number of nitrogens with zero attached hydrogens (tertiary/aromatic N) is 4. The van der Waals surface area contributed by atoms with Crippen LogP contribution in [0, 0.1) is 0 Å². The molecule has 6 nitrogen and oxygen atoms in total. The standard InChI is InChI=1S/C17H26N4O2/c1-3-19(4-2)17(23)21-13-11-20(12-14-21)16(22)9-8-15-7-5-6-10-18-15/h5-7,10H,3-4,8-9,11-14H2,1-2H3. The molecule has 2 rings (SSSR count). The van der Waals surface area contributed by atoms with Gasteiger partial charge in [-0.15, -0.1) is 0 Å². The minimum Gasteiger partial charge on any atom is -0.339 e. The van der Waals surface area contributed by atoms with Crippen LogP contribution in [0.25, 0.3) is 0 Å². The Morgan fingerprint density at radius 1 is 1.09 bits per heavy atom. The molecule has 0 saturated carbocycles. The van der Waals surface area contributed by atoms with Crippen LogP contribution in [-0.2, 0) is 11.2 Å². The van der Waals surface area contributed by atoms with Crippen LogP contribution in [0.1, 0.15) is 26.0 Å². The van der Waals surface area contributed by atoms with E-state index in [2.05, 4.69) is 4.98 Å². The third-order valence-electron chi connectivity index (χ3n) is 4.26. The molecule has 126 valence electrons. The molecule has 1 aromatic rings. The zero-order valence-electron chi connectivity index (χ0n) is 14.1. The number of carbonyl (C=O) groups excluding carboxylic acids is 2. The van der Waals surface area contributed by atoms with Crippen LogP contribution in [0.5, 0.6) is 0 Å². The highest BCUT2D eigenvalue weighted by atomic mass is 16.2. The van der Waals surface area contributed by atoms with Crippen LogP contribution in [-0.4, -0.2) is 70.9 Å². The van der Waals surface area contributed by atoms with Gasteiger partial charge in [0.15, 0.2) is 0 Å². The molecule has 0 aliphatic carbocycles. The number of hydrogen-bond acceptors (Lipinski definition) is 3. The number of carbonyl (C=O) groups is 2. The lowest BCUT2D eigenvalue weighted by atomic mass is 10.2. The number of aromatic nitrogens is 1. The van der Waals surface area contributed by atoms with Gasteiger partial charge in [-0.3, -0.25) is 9.78 Å². The van der Waals surface area contributed by atoms with Crippen molar-refractivity contribution in [2.24, 2.45) is 0 Å². The number of hydrogen-bond donors (Lipinski definition) is 0. The first-order valence-corrected chi connectivity index (χ1v) is 8.37. The molecule has 1 fully saturated rings. The fourth-order valence-electron chi connectivity index (χ4n) is 2.78. The lowest BCUT2D eigenvalue weighted by Crippen LogP contribution is -2.54. The summed E-state index contributed by atoms with van der Waals surface area (Å²) in [6, 6.07) is 5.83. The summed E-state index contributed by atoms with van der Waals surface area (Å²) in [5.74, 6) is 0.144. The summed E-state index contributed by atoms with van der Waals surface area (Å²) in [6.45, 7) is 7.88. The highest BCUT2D eigenvalue weighted by Gasteiger charge is 2.25. The van der Waals surface area contributed by atoms with Crippen molar-refractivity contribution in [3.05, 3.63) is 30.1 Å². The van der Waals surface area contributed by atoms with E-state index in [0.717, 1.165) is 18.8 Å². The Morgan fingerprint density at radius 2 is 1.74 bits per heavy atom. The van der Waals surface area contributed by atoms with Gasteiger partial charge in [-0.25, -0.2) is 4.79 Å². The van der Waals surface area contributed by atoms with E-state index in [-0.39, 0.29) is 11.9 Å². The van der Waals surface area contributed by atoms with Gasteiger partial charge < -0.3 is 14.7 Å². The largest absolute Gasteiger partial charge is 0.339 e. The van der Waals surface area contributed by atoms with Crippen LogP contribution in [0.4, 0.5) is 4.79 Å². The summed E-state index contributed by atoms with van der Waals surface area (Å²) < 4.78 is 0. The summed E-state index contributed by atoms with van der Waals surface area (Å²) in [6.07, 6.45) is 2.89. The van der Waals surface area contributed by atoms with E-state index in [1.54, 1.807) is 6.20 Å². The maximum atomic E-state index is 12.3. The van der Waals surface area contributed by atoms with Crippen LogP contribution in [0.15, 0.2) is 24.4 Å². The molecule has 0 aromatic carbocycles. The molecule has 23 heavy (non-hydrogen) atoms. The zero-order chi connectivity index (χ0) is 16.7. The fraction of sp³-hybridized carbons (Fsp3) is 0.588. The van der Waals surface area contributed by atoms with Crippen molar-refractivity contribution in [1.82, 2.24) is 19.7 Å². The van der Waals surface area contributed by atoms with Gasteiger partial charge >= 0.3 is 6.03 Å². The molecule has 0 bridgehead atoms. The molecule has 0 unspecified atom stereocenters. The fourth-order valence-corrected chi connectivity index (χ4v) is 2.78. The van der Waals surface area contributed by atoms with E-state index in [9.17, 15) is 9.59 Å². The summed E-state index contributed by atoms with van der Waals surface area (Å²) in [5.41, 5.74) is 0.941. The maximum Gasteiger partial charge on any atom is 0.320 e. The van der Waals surface area contributed by atoms with E-state index in [1.165, 1.54) is 0 Å². The average molecular weight is 318 g/mol. The third kappa shape index (κ3) is 4.68. The first-order chi connectivity index (χ1) is 11.2. The first kappa shape index (κ1) is 17.2. The zero-order valence-corrected chi connectivity index (χ0v) is 14.1. The predicted molar refractivity (Wildman–Crippen MR) is 89.0 cm³/mol. The molecule has 0 N–H and O–H groups in total. The van der Waals surface area contributed by atoms with Crippen molar-refractivity contribution in [3.8, 4) is 0 Å². The molecule has 0 atom stereocenters. The lowest BCUT2D eigenvalue weighted by molar-refractivity contribution is -0.132. The average Bonchev–Trinajstić information content (AvgIpc) is 2.61. The summed E-state index contributed by atoms with van der Waals surface area (Å²) >= 11 is 0. The van der Waals surface area contributed by atoms with Gasteiger partial charge in [-0.1, -0.05) is 6.07 Å². The highest BCUT2D eigenvalue weighted by molar-refractivity contribution is 5.78. The van der Waals surface area contributed by atoms with Gasteiger partial charge in [0.25, 0.3) is 0 Å². The molecule has 0 spiro atoms. The van der Waals surface area contributed by atoms with Gasteiger partial charge in [-0.2, -0.15) is 0 Å². The minimum absolute atomic E-state index is 0.0792. The quantitative estimate of drug-likeness (QED) is 0.829. The topological polar surface area (TPSA) is 56.8 Å². The van der Waals surface area contributed by atoms with E-state index >= 15 is 0 Å². The van der Waals surface area contributed by atoms with Crippen LogP contribution >= 0.6 is 0 Å². The normalized spacial score (nSPS) is 14.7. The Labute approximate surface area is 138 Å². The van der Waals surface area contributed by atoms with Crippen LogP contribution in [0.2, 0.25) is 0 Å². The van der Waals surface area contributed by atoms with Crippen molar-refractivity contribution in [3.63, 3.8) is 0 Å². The van der Waals surface area contributed by atoms with Gasteiger partial charge in [0.1, 0.15) is 0 Å². The van der Waals surface area contributed by atoms with E-state index < -0.39 is 0 Å². The summed E-state index contributed by atoms with van der Waals surface area (Å²) in [4.78, 5) is 34.3. The van der Waals surface area contributed by atoms with E-state index in [1.807, 2.05) is 46.7 Å². The van der Waals surface area contributed by atoms with Crippen LogP contribution < -0.4 is 0 Å². The SMILES string of the molecule is CCN(CC)C(=O)N1CCN(C(=O)CCc2ccccn2)CC1. The predicted octanol–water partition coefficient (Wildman–Crippen LogP) is 1.62. The van der Waals surface area contributed by atoms with Gasteiger partial charge in [0.2, 0.25) is 5.91 Å². The highest BCUT2D eigenvalue weighted by Crippen LogP contribution is 2.09. The third-order valence-corrected chi connectivity index (χ3v) is 4.26. The molecule has 6 heteroatoms. The monoisotopic (exact) mass is 318 g/mol. The Balaban J connectivity index is 1.77. The Bertz CT molecular complexity index is 509. The van der Waals surface area contributed by atoms with Crippen molar-refractivity contribution in [2.45, 2.75) is 26.7 Å². The molecule has 1 aromatic heterocycles. The Kier molecular flexibility index (Phi) is 6.38. The van der Waals surface area contributed by atoms with E-state index in [4.69, 9.17) is 0 Å². The van der Waals surface area contributed by atoms with Crippen molar-refractivity contribution in [2.75, 3.05) is 39.3 Å². The van der Waals surface area contributed by atoms with Gasteiger partial charge in [0.05, 0.1) is 0 Å². The second kappa shape index (κ2) is 8.50. The minimum atomic E-state index is 0.0792. The first-order valence-electron chi connectivity index (χ1n) is 8.37. The maximum absolute atomic E-state index is 12.3. The molecule has 0 radical (unpaired) electrons. The van der Waals surface area contributed by atoms with Crippen LogP contribution in [0.3, 0.4) is 0 Å². The number of aryl methyl sites for hydroxylation is 1. The van der Waals surface area contributed by atoms with Crippen molar-refractivity contribution < 1.29 is 9.59 Å². The number of pyridine rings is 1. The molecule has 2 heterocycles. The molecule has 1 saturated heterocycles. The summed E-state index contributed by atoms with van der Waals surface area (Å²) in [7, 11) is 0. The number of rotatable bonds is 5. The number of urea groups is 1. The molecule has 3 amide bonds. The van der Waals surface area contributed by atoms with Crippen molar-refractivity contribution in [1.29, 1.82) is 0 Å². The van der Waals surface area contributed by atoms with Gasteiger partial charge in [0, 0.05) is 57.6 Å². The van der Waals surface area contributed by atoms with Gasteiger partial charge in [-0.05, 0) is 32.4 Å². The smallest absolute Gasteiger partial charge is 0.320 e. The van der Waals surface area contributed by atoms with Crippen molar-refractivity contribution >= 4 is 11.9 Å². The lowest BCUT2D eigenvalue weighted by Gasteiger charge is -2.37. The summed E-state index contributed by atoms with van der Waals surface area (Å²) in [5, 5.41) is 0. The molecular formula is C17H26N4O2. The second-order valence-electron chi connectivity index (χ2n) is 5.64. The Morgan fingerprint density at radius 3 is 2.30 bits per heavy atom. The second-order valence-corrected chi connectivity index (χ2v) is 5.64. The number of amides is 3. The molecule has 1 aliphatic heterocycles. The number of piperazine rings is 1. The van der Waals surface area contributed by atoms with E-state index in [0.29, 0.717) is 39.0 Å². The molecule has 1 aliphatic rings.